The van der Waals surface area contributed by atoms with Gasteiger partial charge in [0, 0.05) is 30.7 Å². The van der Waals surface area contributed by atoms with Gasteiger partial charge in [-0.1, -0.05) is 17.7 Å². The second-order valence-corrected chi connectivity index (χ2v) is 8.54. The largest absolute Gasteiger partial charge is 0.492 e. The zero-order chi connectivity index (χ0) is 19.6. The molecule has 0 saturated carbocycles. The molecule has 0 aromatic heterocycles. The molecule has 2 aromatic carbocycles. The maximum atomic E-state index is 12.5. The number of aryl methyl sites for hydroxylation is 1. The Bertz CT molecular complexity index is 976. The predicted molar refractivity (Wildman–Crippen MR) is 105 cm³/mol. The molecule has 144 valence electrons. The third-order valence-electron chi connectivity index (χ3n) is 4.44. The highest BCUT2D eigenvalue weighted by Crippen LogP contribution is 2.30. The second-order valence-electron chi connectivity index (χ2n) is 6.37. The highest BCUT2D eigenvalue weighted by Gasteiger charge is 2.24. The maximum absolute atomic E-state index is 12.5. The molecule has 1 aliphatic rings. The van der Waals surface area contributed by atoms with E-state index in [1.54, 1.807) is 29.2 Å². The number of benzene rings is 2. The normalized spacial score (nSPS) is 13.5. The molecule has 2 aromatic rings. The average Bonchev–Trinajstić information content (AvgIpc) is 3.05. The summed E-state index contributed by atoms with van der Waals surface area (Å²) in [5, 5.41) is 0.603. The number of rotatable bonds is 6. The van der Waals surface area contributed by atoms with Crippen LogP contribution in [0.4, 0.5) is 5.69 Å². The van der Waals surface area contributed by atoms with E-state index in [0.29, 0.717) is 23.7 Å². The quantitative estimate of drug-likeness (QED) is 0.745. The molecule has 1 amide bonds. The fraction of sp³-hybridized carbons (Fsp3) is 0.316. The van der Waals surface area contributed by atoms with E-state index in [9.17, 15) is 13.2 Å². The number of amides is 1. The average molecular weight is 409 g/mol. The molecule has 8 heteroatoms. The smallest absolute Gasteiger partial charge is 0.240 e. The van der Waals surface area contributed by atoms with E-state index in [0.717, 1.165) is 16.8 Å². The first-order chi connectivity index (χ1) is 12.8. The summed E-state index contributed by atoms with van der Waals surface area (Å²) in [6, 6.07) is 10.2. The molecule has 0 unspecified atom stereocenters. The van der Waals surface area contributed by atoms with Gasteiger partial charge in [-0.05, 0) is 54.8 Å². The van der Waals surface area contributed by atoms with Gasteiger partial charge in [-0.3, -0.25) is 4.79 Å². The van der Waals surface area contributed by atoms with Crippen molar-refractivity contribution in [3.8, 4) is 5.75 Å². The number of fused-ring (bicyclic) bond motifs is 1. The summed E-state index contributed by atoms with van der Waals surface area (Å²) in [7, 11) is -3.65. The summed E-state index contributed by atoms with van der Waals surface area (Å²) >= 11 is 6.04. The van der Waals surface area contributed by atoms with Crippen LogP contribution in [0.15, 0.2) is 41.3 Å². The van der Waals surface area contributed by atoms with Crippen LogP contribution >= 0.6 is 11.6 Å². The van der Waals surface area contributed by atoms with Crippen molar-refractivity contribution in [3.63, 3.8) is 0 Å². The second kappa shape index (κ2) is 7.88. The van der Waals surface area contributed by atoms with Crippen LogP contribution < -0.4 is 14.4 Å². The summed E-state index contributed by atoms with van der Waals surface area (Å²) in [4.78, 5) is 13.4. The minimum Gasteiger partial charge on any atom is -0.492 e. The molecular formula is C19H21ClN2O4S. The number of hydrogen-bond acceptors (Lipinski definition) is 4. The van der Waals surface area contributed by atoms with Crippen LogP contribution in [-0.4, -0.2) is 34.0 Å². The van der Waals surface area contributed by atoms with Gasteiger partial charge in [0.25, 0.3) is 0 Å². The molecule has 27 heavy (non-hydrogen) atoms. The molecule has 0 bridgehead atoms. The van der Waals surface area contributed by atoms with Crippen LogP contribution in [0.1, 0.15) is 18.1 Å². The van der Waals surface area contributed by atoms with Gasteiger partial charge >= 0.3 is 0 Å². The molecule has 1 aliphatic heterocycles. The SMILES string of the molecule is CC(=O)N1CCc2cc(S(=O)(=O)NCCOc3ccc(C)c(Cl)c3)ccc21. The van der Waals surface area contributed by atoms with E-state index in [2.05, 4.69) is 4.72 Å². The number of nitrogens with one attached hydrogen (secondary N) is 1. The van der Waals surface area contributed by atoms with E-state index in [1.807, 2.05) is 13.0 Å². The third-order valence-corrected chi connectivity index (χ3v) is 6.31. The fourth-order valence-corrected chi connectivity index (χ4v) is 4.20. The molecule has 0 spiro atoms. The van der Waals surface area contributed by atoms with Gasteiger partial charge in [0.1, 0.15) is 12.4 Å². The van der Waals surface area contributed by atoms with Crippen molar-refractivity contribution >= 4 is 33.2 Å². The highest BCUT2D eigenvalue weighted by molar-refractivity contribution is 7.89. The molecule has 6 nitrogen and oxygen atoms in total. The number of anilines is 1. The highest BCUT2D eigenvalue weighted by atomic mass is 35.5. The Morgan fingerprint density at radius 2 is 2.04 bits per heavy atom. The van der Waals surface area contributed by atoms with Crippen molar-refractivity contribution < 1.29 is 17.9 Å². The van der Waals surface area contributed by atoms with E-state index < -0.39 is 10.0 Å². The lowest BCUT2D eigenvalue weighted by Crippen LogP contribution is -2.28. The summed E-state index contributed by atoms with van der Waals surface area (Å²) < 4.78 is 33.0. The van der Waals surface area contributed by atoms with Crippen LogP contribution in [0, 0.1) is 6.92 Å². The van der Waals surface area contributed by atoms with E-state index in [1.165, 1.54) is 13.0 Å². The van der Waals surface area contributed by atoms with Crippen molar-refractivity contribution in [1.29, 1.82) is 0 Å². The minimum absolute atomic E-state index is 0.0455. The van der Waals surface area contributed by atoms with Gasteiger partial charge in [-0.2, -0.15) is 0 Å². The van der Waals surface area contributed by atoms with Crippen molar-refractivity contribution in [2.24, 2.45) is 0 Å². The molecule has 1 N–H and O–H groups in total. The predicted octanol–water partition coefficient (Wildman–Crippen LogP) is 2.91. The number of halogens is 1. The number of carbonyl (C=O) groups excluding carboxylic acids is 1. The number of nitrogens with zero attached hydrogens (tertiary/aromatic N) is 1. The fourth-order valence-electron chi connectivity index (χ4n) is 2.96. The first-order valence-electron chi connectivity index (χ1n) is 8.57. The lowest BCUT2D eigenvalue weighted by Gasteiger charge is -2.15. The lowest BCUT2D eigenvalue weighted by atomic mass is 10.2. The molecule has 0 atom stereocenters. The Balaban J connectivity index is 1.60. The molecule has 3 rings (SSSR count). The van der Waals surface area contributed by atoms with Gasteiger partial charge in [0.2, 0.25) is 15.9 Å². The van der Waals surface area contributed by atoms with Gasteiger partial charge in [0.15, 0.2) is 0 Å². The van der Waals surface area contributed by atoms with Crippen LogP contribution in [0.2, 0.25) is 5.02 Å². The van der Waals surface area contributed by atoms with E-state index in [4.69, 9.17) is 16.3 Å². The number of hydrogen-bond donors (Lipinski definition) is 1. The Kier molecular flexibility index (Phi) is 5.74. The molecule has 0 radical (unpaired) electrons. The van der Waals surface area contributed by atoms with Crippen molar-refractivity contribution in [3.05, 3.63) is 52.5 Å². The van der Waals surface area contributed by atoms with Gasteiger partial charge < -0.3 is 9.64 Å². The number of ether oxygens (including phenoxy) is 1. The van der Waals surface area contributed by atoms with E-state index in [-0.39, 0.29) is 24.0 Å². The monoisotopic (exact) mass is 408 g/mol. The van der Waals surface area contributed by atoms with E-state index >= 15 is 0 Å². The topological polar surface area (TPSA) is 75.7 Å². The zero-order valence-electron chi connectivity index (χ0n) is 15.2. The van der Waals surface area contributed by atoms with Crippen molar-refractivity contribution in [2.45, 2.75) is 25.2 Å². The van der Waals surface area contributed by atoms with Gasteiger partial charge in [0.05, 0.1) is 4.90 Å². The lowest BCUT2D eigenvalue weighted by molar-refractivity contribution is -0.116. The Hall–Kier alpha value is -2.09. The van der Waals surface area contributed by atoms with Gasteiger partial charge in [-0.25, -0.2) is 13.1 Å². The molecule has 1 heterocycles. The number of carbonyl (C=O) groups is 1. The Morgan fingerprint density at radius 3 is 2.74 bits per heavy atom. The summed E-state index contributed by atoms with van der Waals surface area (Å²) in [6.45, 7) is 4.29. The minimum atomic E-state index is -3.65. The molecule has 0 fully saturated rings. The third kappa shape index (κ3) is 4.43. The van der Waals surface area contributed by atoms with Gasteiger partial charge in [-0.15, -0.1) is 0 Å². The molecule has 0 saturated heterocycles. The van der Waals surface area contributed by atoms with Crippen LogP contribution in [0.25, 0.3) is 0 Å². The summed E-state index contributed by atoms with van der Waals surface area (Å²) in [6.07, 6.45) is 0.648. The first kappa shape index (κ1) is 19.7. The first-order valence-corrected chi connectivity index (χ1v) is 10.4. The summed E-state index contributed by atoms with van der Waals surface area (Å²) in [5.41, 5.74) is 2.59. The van der Waals surface area contributed by atoms with Crippen LogP contribution in [0.3, 0.4) is 0 Å². The van der Waals surface area contributed by atoms with Crippen molar-refractivity contribution in [1.82, 2.24) is 4.72 Å². The van der Waals surface area contributed by atoms with Crippen LogP contribution in [0.5, 0.6) is 5.75 Å². The maximum Gasteiger partial charge on any atom is 0.240 e. The Labute approximate surface area is 164 Å². The zero-order valence-corrected chi connectivity index (χ0v) is 16.7. The Morgan fingerprint density at radius 1 is 1.26 bits per heavy atom. The molecule has 0 aliphatic carbocycles. The standard InChI is InChI=1S/C19H21ClN2O4S/c1-13-3-4-16(12-18(13)20)26-10-8-21-27(24,25)17-5-6-19-15(11-17)7-9-22(19)14(2)23/h3-6,11-12,21H,7-10H2,1-2H3. The van der Waals surface area contributed by atoms with Crippen molar-refractivity contribution in [2.75, 3.05) is 24.6 Å². The number of sulfonamides is 1. The molecular weight excluding hydrogens is 388 g/mol. The van der Waals surface area contributed by atoms with Crippen LogP contribution in [-0.2, 0) is 21.2 Å². The summed E-state index contributed by atoms with van der Waals surface area (Å²) in [5.74, 6) is 0.544.